The molecule has 4 rings (SSSR count). The summed E-state index contributed by atoms with van der Waals surface area (Å²) in [6.45, 7) is 2.64. The van der Waals surface area contributed by atoms with Crippen molar-refractivity contribution in [2.24, 2.45) is 7.05 Å². The van der Waals surface area contributed by atoms with Crippen LogP contribution in [-0.2, 0) is 11.8 Å². The topological polar surface area (TPSA) is 74.6 Å². The molecule has 0 spiro atoms. The van der Waals surface area contributed by atoms with Gasteiger partial charge in [0.05, 0.1) is 19.3 Å². The molecule has 1 aliphatic rings. The maximum absolute atomic E-state index is 13.2. The minimum atomic E-state index is -0.421. The molecule has 0 aliphatic carbocycles. The lowest BCUT2D eigenvalue weighted by Crippen LogP contribution is -2.34. The highest BCUT2D eigenvalue weighted by molar-refractivity contribution is 5.99. The minimum Gasteiger partial charge on any atom is -0.497 e. The van der Waals surface area contributed by atoms with Crippen LogP contribution in [0.25, 0.3) is 6.08 Å². The van der Waals surface area contributed by atoms with E-state index in [9.17, 15) is 4.79 Å². The maximum atomic E-state index is 13.2. The maximum Gasteiger partial charge on any atom is 0.251 e. The number of amides is 1. The standard InChI is InChI=1S/C24H25N3O4/c1-4-30-20-7-5-6-17-14-18(15-31-22(17)20)24(28)26-21(23-25-12-13-27(23)2)16-8-10-19(29-3)11-9-16/h5-14,21H,4,15H2,1-3H3,(H,26,28)/t21-/m1/s1. The van der Waals surface area contributed by atoms with Gasteiger partial charge in [-0.05, 0) is 36.8 Å². The van der Waals surface area contributed by atoms with E-state index in [4.69, 9.17) is 14.2 Å². The zero-order valence-electron chi connectivity index (χ0n) is 17.8. The van der Waals surface area contributed by atoms with Gasteiger partial charge in [0.1, 0.15) is 24.2 Å². The quantitative estimate of drug-likeness (QED) is 0.634. The number of rotatable bonds is 7. The fourth-order valence-corrected chi connectivity index (χ4v) is 3.55. The zero-order chi connectivity index (χ0) is 21.8. The predicted octanol–water partition coefficient (Wildman–Crippen LogP) is 3.51. The lowest BCUT2D eigenvalue weighted by molar-refractivity contribution is -0.118. The molecule has 0 fully saturated rings. The Bertz CT molecular complexity index is 1100. The van der Waals surface area contributed by atoms with Gasteiger partial charge in [0.25, 0.3) is 5.91 Å². The second-order valence-electron chi connectivity index (χ2n) is 7.14. The van der Waals surface area contributed by atoms with Gasteiger partial charge in [-0.15, -0.1) is 0 Å². The van der Waals surface area contributed by atoms with Gasteiger partial charge >= 0.3 is 0 Å². The molecule has 31 heavy (non-hydrogen) atoms. The van der Waals surface area contributed by atoms with Crippen molar-refractivity contribution in [3.63, 3.8) is 0 Å². The minimum absolute atomic E-state index is 0.165. The highest BCUT2D eigenvalue weighted by Crippen LogP contribution is 2.36. The van der Waals surface area contributed by atoms with Crippen LogP contribution in [-0.4, -0.2) is 35.8 Å². The van der Waals surface area contributed by atoms with Crippen LogP contribution in [0.5, 0.6) is 17.2 Å². The summed E-state index contributed by atoms with van der Waals surface area (Å²) in [6.07, 6.45) is 5.42. The van der Waals surface area contributed by atoms with Gasteiger partial charge in [-0.2, -0.15) is 0 Å². The van der Waals surface area contributed by atoms with Crippen LogP contribution >= 0.6 is 0 Å². The molecule has 0 unspecified atom stereocenters. The number of para-hydroxylation sites is 1. The van der Waals surface area contributed by atoms with Crippen LogP contribution in [0.15, 0.2) is 60.4 Å². The SMILES string of the molecule is CCOc1cccc2c1OCC(C(=O)N[C@H](c1ccc(OC)cc1)c1nccn1C)=C2. The van der Waals surface area contributed by atoms with E-state index in [1.54, 1.807) is 13.3 Å². The number of aryl methyl sites for hydroxylation is 1. The number of nitrogens with one attached hydrogen (secondary N) is 1. The van der Waals surface area contributed by atoms with Crippen molar-refractivity contribution in [1.29, 1.82) is 0 Å². The molecular formula is C24H25N3O4. The highest BCUT2D eigenvalue weighted by atomic mass is 16.5. The Balaban J connectivity index is 1.62. The molecular weight excluding hydrogens is 394 g/mol. The van der Waals surface area contributed by atoms with Crippen molar-refractivity contribution in [1.82, 2.24) is 14.9 Å². The van der Waals surface area contributed by atoms with E-state index in [-0.39, 0.29) is 12.5 Å². The van der Waals surface area contributed by atoms with Crippen molar-refractivity contribution in [2.75, 3.05) is 20.3 Å². The van der Waals surface area contributed by atoms with Crippen LogP contribution < -0.4 is 19.5 Å². The lowest BCUT2D eigenvalue weighted by atomic mass is 10.0. The number of carbonyl (C=O) groups excluding carboxylic acids is 1. The molecule has 0 saturated carbocycles. The molecule has 160 valence electrons. The normalized spacial score (nSPS) is 13.5. The lowest BCUT2D eigenvalue weighted by Gasteiger charge is -2.23. The number of benzene rings is 2. The summed E-state index contributed by atoms with van der Waals surface area (Å²) >= 11 is 0. The Kier molecular flexibility index (Phi) is 5.93. The van der Waals surface area contributed by atoms with Gasteiger partial charge < -0.3 is 24.1 Å². The van der Waals surface area contributed by atoms with Gasteiger partial charge in [0.2, 0.25) is 0 Å². The number of carbonyl (C=O) groups is 1. The average molecular weight is 419 g/mol. The van der Waals surface area contributed by atoms with Gasteiger partial charge in [0, 0.05) is 25.0 Å². The molecule has 7 heteroatoms. The van der Waals surface area contributed by atoms with E-state index in [2.05, 4.69) is 10.3 Å². The Morgan fingerprint density at radius 2 is 2.06 bits per heavy atom. The van der Waals surface area contributed by atoms with E-state index in [0.717, 1.165) is 22.7 Å². The summed E-state index contributed by atoms with van der Waals surface area (Å²) in [5.41, 5.74) is 2.26. The van der Waals surface area contributed by atoms with Crippen molar-refractivity contribution in [3.8, 4) is 17.2 Å². The molecule has 1 aliphatic heterocycles. The molecule has 7 nitrogen and oxygen atoms in total. The molecule has 1 aromatic heterocycles. The summed E-state index contributed by atoms with van der Waals surface area (Å²) in [6, 6.07) is 12.8. The Hall–Kier alpha value is -3.74. The Morgan fingerprint density at radius 3 is 2.74 bits per heavy atom. The third-order valence-corrected chi connectivity index (χ3v) is 5.14. The largest absolute Gasteiger partial charge is 0.497 e. The van der Waals surface area contributed by atoms with Gasteiger partial charge in [0.15, 0.2) is 11.5 Å². The first-order valence-corrected chi connectivity index (χ1v) is 10.1. The van der Waals surface area contributed by atoms with Gasteiger partial charge in [-0.1, -0.05) is 24.3 Å². The van der Waals surface area contributed by atoms with Crippen LogP contribution in [0, 0.1) is 0 Å². The molecule has 2 heterocycles. The fraction of sp³-hybridized carbons (Fsp3) is 0.250. The first-order valence-electron chi connectivity index (χ1n) is 10.1. The smallest absolute Gasteiger partial charge is 0.251 e. The molecule has 0 radical (unpaired) electrons. The van der Waals surface area contributed by atoms with Crippen LogP contribution in [0.1, 0.15) is 29.9 Å². The number of nitrogens with zero attached hydrogens (tertiary/aromatic N) is 2. The third-order valence-electron chi connectivity index (χ3n) is 5.14. The summed E-state index contributed by atoms with van der Waals surface area (Å²) in [5.74, 6) is 2.61. The molecule has 0 saturated heterocycles. The van der Waals surface area contributed by atoms with E-state index in [1.807, 2.05) is 73.3 Å². The summed E-state index contributed by atoms with van der Waals surface area (Å²) in [5, 5.41) is 3.11. The van der Waals surface area contributed by atoms with Crippen LogP contribution in [0.4, 0.5) is 0 Å². The molecule has 3 aromatic rings. The number of ether oxygens (including phenoxy) is 3. The van der Waals surface area contributed by atoms with E-state index in [1.165, 1.54) is 0 Å². The van der Waals surface area contributed by atoms with Gasteiger partial charge in [-0.3, -0.25) is 4.79 Å². The van der Waals surface area contributed by atoms with Gasteiger partial charge in [-0.25, -0.2) is 4.98 Å². The molecule has 0 bridgehead atoms. The van der Waals surface area contributed by atoms with Crippen molar-refractivity contribution < 1.29 is 19.0 Å². The molecule has 2 aromatic carbocycles. The van der Waals surface area contributed by atoms with Crippen molar-refractivity contribution in [2.45, 2.75) is 13.0 Å². The second-order valence-corrected chi connectivity index (χ2v) is 7.14. The van der Waals surface area contributed by atoms with E-state index < -0.39 is 6.04 Å². The molecule has 1 atom stereocenters. The average Bonchev–Trinajstić information content (AvgIpc) is 3.23. The number of imidazole rings is 1. The number of aromatic nitrogens is 2. The van der Waals surface area contributed by atoms with Crippen LogP contribution in [0.3, 0.4) is 0 Å². The summed E-state index contributed by atoms with van der Waals surface area (Å²) in [7, 11) is 3.52. The summed E-state index contributed by atoms with van der Waals surface area (Å²) in [4.78, 5) is 17.6. The number of fused-ring (bicyclic) bond motifs is 1. The first kappa shape index (κ1) is 20.5. The van der Waals surface area contributed by atoms with Crippen LogP contribution in [0.2, 0.25) is 0 Å². The Labute approximate surface area is 181 Å². The number of hydrogen-bond acceptors (Lipinski definition) is 5. The summed E-state index contributed by atoms with van der Waals surface area (Å²) < 4.78 is 18.7. The number of hydrogen-bond donors (Lipinski definition) is 1. The Morgan fingerprint density at radius 1 is 1.26 bits per heavy atom. The van der Waals surface area contributed by atoms with Crippen molar-refractivity contribution in [3.05, 3.63) is 77.4 Å². The molecule has 1 N–H and O–H groups in total. The number of methoxy groups -OCH3 is 1. The fourth-order valence-electron chi connectivity index (χ4n) is 3.55. The van der Waals surface area contributed by atoms with E-state index >= 15 is 0 Å². The molecule has 1 amide bonds. The van der Waals surface area contributed by atoms with E-state index in [0.29, 0.717) is 23.7 Å². The zero-order valence-corrected chi connectivity index (χ0v) is 17.8. The second kappa shape index (κ2) is 8.95. The first-order chi connectivity index (χ1) is 15.1. The third kappa shape index (κ3) is 4.26. The highest BCUT2D eigenvalue weighted by Gasteiger charge is 2.25. The predicted molar refractivity (Wildman–Crippen MR) is 117 cm³/mol. The monoisotopic (exact) mass is 419 g/mol. The van der Waals surface area contributed by atoms with Crippen molar-refractivity contribution >= 4 is 12.0 Å².